The first-order valence-electron chi connectivity index (χ1n) is 5.47. The molecule has 0 fully saturated rings. The molecule has 0 saturated carbocycles. The number of hydrogen-bond acceptors (Lipinski definition) is 1. The van der Waals surface area contributed by atoms with Crippen LogP contribution in [0.5, 0.6) is 5.75 Å². The Kier molecular flexibility index (Phi) is 2.49. The lowest BCUT2D eigenvalue weighted by molar-refractivity contribution is 0.0383. The summed E-state index contributed by atoms with van der Waals surface area (Å²) in [4.78, 5) is 0. The summed E-state index contributed by atoms with van der Waals surface area (Å²) in [5.74, 6) is 1.07. The van der Waals surface area contributed by atoms with E-state index in [9.17, 15) is 0 Å². The van der Waals surface area contributed by atoms with E-state index in [2.05, 4.69) is 19.9 Å². The molecule has 0 bridgehead atoms. The van der Waals surface area contributed by atoms with E-state index in [1.54, 1.807) is 0 Å². The Morgan fingerprint density at radius 1 is 1.43 bits per heavy atom. The molecule has 1 heteroatoms. The fraction of sp³-hybridized carbons (Fsp3) is 0.538. The lowest BCUT2D eigenvalue weighted by Crippen LogP contribution is -2.38. The van der Waals surface area contributed by atoms with Gasteiger partial charge in [0.25, 0.3) is 0 Å². The van der Waals surface area contributed by atoms with Gasteiger partial charge in [0.1, 0.15) is 11.4 Å². The van der Waals surface area contributed by atoms with Gasteiger partial charge in [-0.3, -0.25) is 0 Å². The van der Waals surface area contributed by atoms with Gasteiger partial charge in [0.05, 0.1) is 0 Å². The lowest BCUT2D eigenvalue weighted by Gasteiger charge is -2.37. The predicted octanol–water partition coefficient (Wildman–Crippen LogP) is 3.37. The van der Waals surface area contributed by atoms with Crippen LogP contribution in [0, 0.1) is 6.07 Å². The number of fused-ring (bicyclic) bond motifs is 1. The SMILES string of the molecule is CCC1(CC)CCc2c[c]ccc2O1. The first kappa shape index (κ1) is 9.57. The molecular weight excluding hydrogens is 172 g/mol. The van der Waals surface area contributed by atoms with Crippen molar-refractivity contribution in [3.8, 4) is 5.75 Å². The number of hydrogen-bond donors (Lipinski definition) is 0. The molecule has 1 aliphatic heterocycles. The molecule has 1 radical (unpaired) electrons. The topological polar surface area (TPSA) is 9.23 Å². The van der Waals surface area contributed by atoms with Gasteiger partial charge in [-0.25, -0.2) is 0 Å². The van der Waals surface area contributed by atoms with Crippen LogP contribution in [0.25, 0.3) is 0 Å². The molecule has 0 spiro atoms. The summed E-state index contributed by atoms with van der Waals surface area (Å²) in [7, 11) is 0. The molecule has 0 aromatic heterocycles. The van der Waals surface area contributed by atoms with Crippen LogP contribution in [-0.2, 0) is 6.42 Å². The fourth-order valence-corrected chi connectivity index (χ4v) is 2.14. The summed E-state index contributed by atoms with van der Waals surface area (Å²) in [5, 5.41) is 0. The molecule has 2 rings (SSSR count). The zero-order valence-corrected chi connectivity index (χ0v) is 8.97. The first-order chi connectivity index (χ1) is 6.79. The smallest absolute Gasteiger partial charge is 0.123 e. The molecule has 0 unspecified atom stereocenters. The quantitative estimate of drug-likeness (QED) is 0.693. The van der Waals surface area contributed by atoms with E-state index in [1.165, 1.54) is 5.56 Å². The highest BCUT2D eigenvalue weighted by molar-refractivity contribution is 5.35. The van der Waals surface area contributed by atoms with Crippen molar-refractivity contribution in [1.29, 1.82) is 0 Å². The van der Waals surface area contributed by atoms with Crippen LogP contribution in [-0.4, -0.2) is 5.60 Å². The van der Waals surface area contributed by atoms with Gasteiger partial charge >= 0.3 is 0 Å². The van der Waals surface area contributed by atoms with Crippen LogP contribution in [0.1, 0.15) is 38.7 Å². The van der Waals surface area contributed by atoms with Crippen LogP contribution in [0.4, 0.5) is 0 Å². The van der Waals surface area contributed by atoms with E-state index in [0.717, 1.165) is 31.4 Å². The minimum absolute atomic E-state index is 0.0916. The lowest BCUT2D eigenvalue weighted by atomic mass is 9.87. The highest BCUT2D eigenvalue weighted by atomic mass is 16.5. The summed E-state index contributed by atoms with van der Waals surface area (Å²) in [6.07, 6.45) is 4.47. The van der Waals surface area contributed by atoms with Crippen molar-refractivity contribution in [3.05, 3.63) is 29.8 Å². The van der Waals surface area contributed by atoms with Gasteiger partial charge in [0, 0.05) is 0 Å². The van der Waals surface area contributed by atoms with Crippen LogP contribution in [0.15, 0.2) is 18.2 Å². The third kappa shape index (κ3) is 1.52. The molecule has 0 atom stereocenters. The average molecular weight is 189 g/mol. The van der Waals surface area contributed by atoms with Crippen LogP contribution in [0.2, 0.25) is 0 Å². The second kappa shape index (κ2) is 3.64. The highest BCUT2D eigenvalue weighted by Gasteiger charge is 2.32. The minimum atomic E-state index is 0.0916. The molecule has 1 aromatic rings. The Morgan fingerprint density at radius 2 is 2.21 bits per heavy atom. The van der Waals surface area contributed by atoms with E-state index in [0.29, 0.717) is 0 Å². The second-order valence-corrected chi connectivity index (χ2v) is 4.03. The van der Waals surface area contributed by atoms with Crippen molar-refractivity contribution in [1.82, 2.24) is 0 Å². The Balaban J connectivity index is 2.28. The zero-order valence-electron chi connectivity index (χ0n) is 8.97. The van der Waals surface area contributed by atoms with Gasteiger partial charge < -0.3 is 4.74 Å². The molecule has 1 aromatic carbocycles. The molecule has 1 aliphatic rings. The third-order valence-electron chi connectivity index (χ3n) is 3.37. The Hall–Kier alpha value is -0.980. The van der Waals surface area contributed by atoms with Crippen molar-refractivity contribution in [2.75, 3.05) is 0 Å². The summed E-state index contributed by atoms with van der Waals surface area (Å²) < 4.78 is 6.10. The van der Waals surface area contributed by atoms with E-state index in [-0.39, 0.29) is 5.60 Å². The zero-order chi connectivity index (χ0) is 10.0. The summed E-state index contributed by atoms with van der Waals surface area (Å²) in [5.41, 5.74) is 1.40. The Labute approximate surface area is 86.1 Å². The molecule has 0 amide bonds. The van der Waals surface area contributed by atoms with Crippen LogP contribution < -0.4 is 4.74 Å². The van der Waals surface area contributed by atoms with Crippen molar-refractivity contribution < 1.29 is 4.74 Å². The van der Waals surface area contributed by atoms with Gasteiger partial charge in [0.15, 0.2) is 0 Å². The second-order valence-electron chi connectivity index (χ2n) is 4.03. The normalized spacial score (nSPS) is 18.4. The van der Waals surface area contributed by atoms with Crippen molar-refractivity contribution >= 4 is 0 Å². The Bertz CT molecular complexity index is 313. The molecule has 1 nitrogen and oxygen atoms in total. The summed E-state index contributed by atoms with van der Waals surface area (Å²) >= 11 is 0. The first-order valence-corrected chi connectivity index (χ1v) is 5.47. The van der Waals surface area contributed by atoms with Gasteiger partial charge in [-0.1, -0.05) is 19.9 Å². The third-order valence-corrected chi connectivity index (χ3v) is 3.37. The standard InChI is InChI=1S/C13H17O/c1-3-13(4-2)10-9-11-7-5-6-8-12(11)14-13/h6-8H,3-4,9-10H2,1-2H3. The molecule has 14 heavy (non-hydrogen) atoms. The van der Waals surface area contributed by atoms with Gasteiger partial charge in [0.2, 0.25) is 0 Å². The molecule has 0 saturated heterocycles. The molecule has 75 valence electrons. The largest absolute Gasteiger partial charge is 0.487 e. The fourth-order valence-electron chi connectivity index (χ4n) is 2.14. The van der Waals surface area contributed by atoms with Gasteiger partial charge in [-0.15, -0.1) is 0 Å². The summed E-state index contributed by atoms with van der Waals surface area (Å²) in [6.45, 7) is 4.42. The van der Waals surface area contributed by atoms with Gasteiger partial charge in [-0.2, -0.15) is 0 Å². The summed E-state index contributed by atoms with van der Waals surface area (Å²) in [6, 6.07) is 9.12. The molecular formula is C13H17O. The maximum absolute atomic E-state index is 6.10. The Morgan fingerprint density at radius 3 is 2.93 bits per heavy atom. The van der Waals surface area contributed by atoms with Crippen LogP contribution >= 0.6 is 0 Å². The van der Waals surface area contributed by atoms with Crippen molar-refractivity contribution in [2.45, 2.75) is 45.1 Å². The number of benzene rings is 1. The maximum atomic E-state index is 6.10. The van der Waals surface area contributed by atoms with Gasteiger partial charge in [-0.05, 0) is 49.4 Å². The molecule has 1 heterocycles. The number of aryl methyl sites for hydroxylation is 1. The van der Waals surface area contributed by atoms with Crippen molar-refractivity contribution in [2.24, 2.45) is 0 Å². The van der Waals surface area contributed by atoms with E-state index >= 15 is 0 Å². The molecule has 0 N–H and O–H groups in total. The van der Waals surface area contributed by atoms with Crippen molar-refractivity contribution in [3.63, 3.8) is 0 Å². The highest BCUT2D eigenvalue weighted by Crippen LogP contribution is 2.36. The van der Waals surface area contributed by atoms with E-state index in [4.69, 9.17) is 4.74 Å². The number of rotatable bonds is 2. The van der Waals surface area contributed by atoms with Crippen LogP contribution in [0.3, 0.4) is 0 Å². The maximum Gasteiger partial charge on any atom is 0.123 e. The van der Waals surface area contributed by atoms with E-state index in [1.807, 2.05) is 18.2 Å². The van der Waals surface area contributed by atoms with E-state index < -0.39 is 0 Å². The average Bonchev–Trinajstić information content (AvgIpc) is 2.28. The minimum Gasteiger partial charge on any atom is -0.487 e. The monoisotopic (exact) mass is 189 g/mol. The number of ether oxygens (including phenoxy) is 1. The predicted molar refractivity (Wildman–Crippen MR) is 57.5 cm³/mol. The molecule has 0 aliphatic carbocycles.